The van der Waals surface area contributed by atoms with Crippen molar-refractivity contribution in [2.24, 2.45) is 0 Å². The number of benzene rings is 2. The van der Waals surface area contributed by atoms with Gasteiger partial charge in [0.05, 0.1) is 11.4 Å². The van der Waals surface area contributed by atoms with E-state index in [1.54, 1.807) is 41.7 Å². The molecule has 9 heteroatoms. The lowest BCUT2D eigenvalue weighted by Gasteiger charge is -2.12. The van der Waals surface area contributed by atoms with E-state index in [0.29, 0.717) is 28.3 Å². The maximum atomic E-state index is 12.8. The number of nitrogens with one attached hydrogen (secondary N) is 2. The first-order valence-electron chi connectivity index (χ1n) is 9.60. The molecule has 0 bridgehead atoms. The highest BCUT2D eigenvalue weighted by Gasteiger charge is 2.18. The minimum absolute atomic E-state index is 0.183. The maximum absolute atomic E-state index is 12.8. The number of hydrogen-bond donors (Lipinski definition) is 2. The zero-order chi connectivity index (χ0) is 22.0. The molecule has 2 heterocycles. The van der Waals surface area contributed by atoms with Crippen molar-refractivity contribution in [3.63, 3.8) is 0 Å². The van der Waals surface area contributed by atoms with Crippen LogP contribution in [0.3, 0.4) is 0 Å². The number of fused-ring (bicyclic) bond motifs is 1. The van der Waals surface area contributed by atoms with Crippen molar-refractivity contribution in [3.05, 3.63) is 89.4 Å². The van der Waals surface area contributed by atoms with Gasteiger partial charge >= 0.3 is 0 Å². The second-order valence-corrected chi connectivity index (χ2v) is 8.83. The Morgan fingerprint density at radius 2 is 1.84 bits per heavy atom. The Morgan fingerprint density at radius 3 is 2.68 bits per heavy atom. The van der Waals surface area contributed by atoms with Crippen LogP contribution in [0.2, 0.25) is 0 Å². The fraction of sp³-hybridized carbons (Fsp3) is 0.136. The van der Waals surface area contributed by atoms with Gasteiger partial charge < -0.3 is 5.32 Å². The normalized spacial score (nSPS) is 11.4. The molecule has 2 aromatic carbocycles. The van der Waals surface area contributed by atoms with E-state index in [1.807, 2.05) is 37.4 Å². The molecule has 0 unspecified atom stereocenters. The molecule has 0 spiro atoms. The summed E-state index contributed by atoms with van der Waals surface area (Å²) in [5.41, 5.74) is 2.82. The molecule has 0 saturated carbocycles. The summed E-state index contributed by atoms with van der Waals surface area (Å²) in [5.74, 6) is 0.246. The van der Waals surface area contributed by atoms with E-state index in [1.165, 1.54) is 6.07 Å². The van der Waals surface area contributed by atoms with Crippen LogP contribution < -0.4 is 10.0 Å². The molecule has 4 aromatic rings. The number of hydrogen-bond acceptors (Lipinski definition) is 5. The predicted octanol–water partition coefficient (Wildman–Crippen LogP) is 3.08. The van der Waals surface area contributed by atoms with Gasteiger partial charge in [-0.25, -0.2) is 8.42 Å². The molecular weight excluding hydrogens is 414 g/mol. The van der Waals surface area contributed by atoms with Gasteiger partial charge in [0.25, 0.3) is 15.9 Å². The molecule has 0 atom stereocenters. The third kappa shape index (κ3) is 4.41. The van der Waals surface area contributed by atoms with Crippen LogP contribution in [0.15, 0.2) is 71.8 Å². The number of rotatable bonds is 6. The highest BCUT2D eigenvalue weighted by atomic mass is 32.2. The Hall–Kier alpha value is -3.72. The molecule has 8 nitrogen and oxygen atoms in total. The lowest BCUT2D eigenvalue weighted by molar-refractivity contribution is 0.0950. The Kier molecular flexibility index (Phi) is 5.43. The van der Waals surface area contributed by atoms with E-state index >= 15 is 0 Å². The summed E-state index contributed by atoms with van der Waals surface area (Å²) in [6.07, 6.45) is 1.82. The summed E-state index contributed by atoms with van der Waals surface area (Å²) >= 11 is 0. The standard InChI is InChI=1S/C22H21N5O3S/c1-15-9-10-16(2)19(12-15)31(29,30)26-18-7-5-6-17(13-18)22(28)23-14-21-25-24-20-8-3-4-11-27(20)21/h3-13,26H,14H2,1-2H3,(H,23,28). The first-order chi connectivity index (χ1) is 14.8. The van der Waals surface area contributed by atoms with Crippen molar-refractivity contribution in [1.29, 1.82) is 0 Å². The maximum Gasteiger partial charge on any atom is 0.262 e. The Balaban J connectivity index is 1.50. The van der Waals surface area contributed by atoms with Gasteiger partial charge in [0, 0.05) is 17.4 Å². The predicted molar refractivity (Wildman–Crippen MR) is 117 cm³/mol. The first-order valence-corrected chi connectivity index (χ1v) is 11.1. The lowest BCUT2D eigenvalue weighted by atomic mass is 10.2. The minimum Gasteiger partial charge on any atom is -0.345 e. The minimum atomic E-state index is -3.78. The highest BCUT2D eigenvalue weighted by Crippen LogP contribution is 2.21. The Labute approximate surface area is 180 Å². The molecule has 2 N–H and O–H groups in total. The average Bonchev–Trinajstić information content (AvgIpc) is 3.16. The molecule has 0 aliphatic carbocycles. The monoisotopic (exact) mass is 435 g/mol. The van der Waals surface area contributed by atoms with Crippen LogP contribution in [0.5, 0.6) is 0 Å². The van der Waals surface area contributed by atoms with Gasteiger partial charge in [0.1, 0.15) is 0 Å². The number of sulfonamides is 1. The number of nitrogens with zero attached hydrogens (tertiary/aromatic N) is 3. The topological polar surface area (TPSA) is 105 Å². The van der Waals surface area contributed by atoms with Crippen molar-refractivity contribution in [2.45, 2.75) is 25.3 Å². The van der Waals surface area contributed by atoms with Crippen LogP contribution in [0.25, 0.3) is 5.65 Å². The molecule has 158 valence electrons. The van der Waals surface area contributed by atoms with Crippen molar-refractivity contribution < 1.29 is 13.2 Å². The highest BCUT2D eigenvalue weighted by molar-refractivity contribution is 7.92. The van der Waals surface area contributed by atoms with E-state index in [-0.39, 0.29) is 17.3 Å². The third-order valence-electron chi connectivity index (χ3n) is 4.80. The lowest BCUT2D eigenvalue weighted by Crippen LogP contribution is -2.24. The van der Waals surface area contributed by atoms with Crippen LogP contribution in [0, 0.1) is 13.8 Å². The van der Waals surface area contributed by atoms with E-state index in [9.17, 15) is 13.2 Å². The van der Waals surface area contributed by atoms with Gasteiger partial charge in [-0.2, -0.15) is 0 Å². The number of carbonyl (C=O) groups is 1. The third-order valence-corrected chi connectivity index (χ3v) is 6.32. The molecule has 0 saturated heterocycles. The van der Waals surface area contributed by atoms with Crippen molar-refractivity contribution >= 4 is 27.3 Å². The van der Waals surface area contributed by atoms with Crippen molar-refractivity contribution in [2.75, 3.05) is 4.72 Å². The number of aryl methyl sites for hydroxylation is 2. The molecular formula is C22H21N5O3S. The van der Waals surface area contributed by atoms with Crippen LogP contribution in [0.1, 0.15) is 27.3 Å². The fourth-order valence-electron chi connectivity index (χ4n) is 3.20. The molecule has 0 aliphatic rings. The van der Waals surface area contributed by atoms with Gasteiger partial charge in [-0.05, 0) is 61.4 Å². The van der Waals surface area contributed by atoms with Gasteiger partial charge in [-0.3, -0.25) is 13.9 Å². The molecule has 4 rings (SSSR count). The van der Waals surface area contributed by atoms with E-state index in [2.05, 4.69) is 20.2 Å². The smallest absolute Gasteiger partial charge is 0.262 e. The summed E-state index contributed by atoms with van der Waals surface area (Å²) < 4.78 is 30.0. The van der Waals surface area contributed by atoms with Gasteiger partial charge in [0.15, 0.2) is 11.5 Å². The summed E-state index contributed by atoms with van der Waals surface area (Å²) in [7, 11) is -3.78. The zero-order valence-corrected chi connectivity index (χ0v) is 17.8. The van der Waals surface area contributed by atoms with Crippen molar-refractivity contribution in [1.82, 2.24) is 19.9 Å². The Bertz CT molecular complexity index is 1380. The number of aromatic nitrogens is 3. The molecule has 2 aromatic heterocycles. The van der Waals surface area contributed by atoms with Crippen LogP contribution in [-0.2, 0) is 16.6 Å². The number of anilines is 1. The van der Waals surface area contributed by atoms with Gasteiger partial charge in [-0.15, -0.1) is 10.2 Å². The van der Waals surface area contributed by atoms with E-state index in [4.69, 9.17) is 0 Å². The van der Waals surface area contributed by atoms with Crippen LogP contribution >= 0.6 is 0 Å². The summed E-state index contributed by atoms with van der Waals surface area (Å²) in [4.78, 5) is 12.8. The number of pyridine rings is 1. The van der Waals surface area contributed by atoms with Crippen molar-refractivity contribution in [3.8, 4) is 0 Å². The van der Waals surface area contributed by atoms with Gasteiger partial charge in [-0.1, -0.05) is 24.3 Å². The fourth-order valence-corrected chi connectivity index (χ4v) is 4.58. The van der Waals surface area contributed by atoms with E-state index in [0.717, 1.165) is 5.56 Å². The first kappa shape index (κ1) is 20.5. The van der Waals surface area contributed by atoms with E-state index < -0.39 is 10.0 Å². The quantitative estimate of drug-likeness (QED) is 0.484. The largest absolute Gasteiger partial charge is 0.345 e. The number of amides is 1. The second-order valence-electron chi connectivity index (χ2n) is 7.18. The average molecular weight is 436 g/mol. The Morgan fingerprint density at radius 1 is 1.00 bits per heavy atom. The number of carbonyl (C=O) groups excluding carboxylic acids is 1. The van der Waals surface area contributed by atoms with Gasteiger partial charge in [0.2, 0.25) is 0 Å². The molecule has 0 aliphatic heterocycles. The van der Waals surface area contributed by atoms with Crippen LogP contribution in [-0.4, -0.2) is 28.9 Å². The SMILES string of the molecule is Cc1ccc(C)c(S(=O)(=O)Nc2cccc(C(=O)NCc3nnc4ccccn34)c2)c1. The molecule has 0 fully saturated rings. The zero-order valence-electron chi connectivity index (χ0n) is 17.0. The second kappa shape index (κ2) is 8.19. The molecule has 1 amide bonds. The summed E-state index contributed by atoms with van der Waals surface area (Å²) in [6.45, 7) is 3.76. The molecule has 0 radical (unpaired) electrons. The summed E-state index contributed by atoms with van der Waals surface area (Å²) in [5, 5.41) is 10.9. The van der Waals surface area contributed by atoms with Crippen LogP contribution in [0.4, 0.5) is 5.69 Å². The molecule has 31 heavy (non-hydrogen) atoms. The summed E-state index contributed by atoms with van der Waals surface area (Å²) in [6, 6.07) is 17.1.